The summed E-state index contributed by atoms with van der Waals surface area (Å²) < 4.78 is 25.2. The van der Waals surface area contributed by atoms with E-state index in [1.165, 1.54) is 16.4 Å². The van der Waals surface area contributed by atoms with Crippen LogP contribution in [-0.4, -0.2) is 37.0 Å². The highest BCUT2D eigenvalue weighted by Gasteiger charge is 2.36. The van der Waals surface area contributed by atoms with Crippen molar-refractivity contribution < 1.29 is 18.1 Å². The Morgan fingerprint density at radius 3 is 2.28 bits per heavy atom. The highest BCUT2D eigenvalue weighted by Crippen LogP contribution is 2.25. The molecule has 1 saturated heterocycles. The average Bonchev–Trinajstić information content (AvgIpc) is 2.27. The Labute approximate surface area is 103 Å². The predicted molar refractivity (Wildman–Crippen MR) is 61.4 cm³/mol. The molecule has 0 aliphatic carbocycles. The molecule has 1 aromatic rings. The number of non-ortho nitro benzene ring substituents is 1. The lowest BCUT2D eigenvalue weighted by Gasteiger charge is -2.34. The van der Waals surface area contributed by atoms with Gasteiger partial charge in [0, 0.05) is 31.1 Å². The second kappa shape index (κ2) is 4.46. The molecular weight excluding hydrogens is 260 g/mol. The van der Waals surface area contributed by atoms with Gasteiger partial charge in [0.25, 0.3) is 5.69 Å². The van der Waals surface area contributed by atoms with Crippen LogP contribution in [0, 0.1) is 16.0 Å². The highest BCUT2D eigenvalue weighted by molar-refractivity contribution is 7.89. The zero-order valence-corrected chi connectivity index (χ0v) is 10.0. The van der Waals surface area contributed by atoms with E-state index in [2.05, 4.69) is 0 Å². The number of nitro benzene ring substituents is 1. The molecule has 18 heavy (non-hydrogen) atoms. The number of nitrogens with zero attached hydrogens (tertiary/aromatic N) is 2. The lowest BCUT2D eigenvalue weighted by atomic mass is 10.1. The molecule has 0 amide bonds. The van der Waals surface area contributed by atoms with Gasteiger partial charge in [-0.05, 0) is 12.1 Å². The minimum Gasteiger partial charge on any atom is -0.303 e. The largest absolute Gasteiger partial charge is 0.303 e. The van der Waals surface area contributed by atoms with Crippen LogP contribution in [0.15, 0.2) is 29.2 Å². The maximum Gasteiger partial charge on any atom is 0.269 e. The summed E-state index contributed by atoms with van der Waals surface area (Å²) in [5.74, 6) is -0.252. The second-order valence-corrected chi connectivity index (χ2v) is 5.91. The Hall–Kier alpha value is -1.80. The zero-order valence-electron chi connectivity index (χ0n) is 9.22. The molecule has 7 nitrogen and oxygen atoms in total. The van der Waals surface area contributed by atoms with Crippen LogP contribution in [0.3, 0.4) is 0 Å². The van der Waals surface area contributed by atoms with Gasteiger partial charge in [-0.15, -0.1) is 0 Å². The van der Waals surface area contributed by atoms with Crippen LogP contribution in [0.4, 0.5) is 5.69 Å². The van der Waals surface area contributed by atoms with Crippen LogP contribution in [0.2, 0.25) is 0 Å². The molecule has 0 unspecified atom stereocenters. The fraction of sp³-hybridized carbons (Fsp3) is 0.300. The van der Waals surface area contributed by atoms with Crippen LogP contribution >= 0.6 is 0 Å². The normalized spacial score (nSPS) is 17.1. The number of benzene rings is 1. The molecule has 1 aliphatic rings. The number of carbonyl (C=O) groups is 1. The zero-order chi connectivity index (χ0) is 13.3. The van der Waals surface area contributed by atoms with Crippen LogP contribution in [0.1, 0.15) is 0 Å². The molecule has 2 rings (SSSR count). The molecule has 0 radical (unpaired) electrons. The second-order valence-electron chi connectivity index (χ2n) is 3.97. The fourth-order valence-corrected chi connectivity index (χ4v) is 3.19. The Balaban J connectivity index is 2.20. The summed E-state index contributed by atoms with van der Waals surface area (Å²) >= 11 is 0. The monoisotopic (exact) mass is 270 g/mol. The van der Waals surface area contributed by atoms with Crippen molar-refractivity contribution in [3.8, 4) is 0 Å². The summed E-state index contributed by atoms with van der Waals surface area (Å²) in [5.41, 5.74) is -0.164. The van der Waals surface area contributed by atoms with Crippen LogP contribution < -0.4 is 0 Å². The van der Waals surface area contributed by atoms with Crippen molar-refractivity contribution in [2.24, 2.45) is 5.92 Å². The van der Waals surface area contributed by atoms with Gasteiger partial charge in [0.05, 0.1) is 9.82 Å². The van der Waals surface area contributed by atoms with Gasteiger partial charge in [0.2, 0.25) is 10.0 Å². The van der Waals surface area contributed by atoms with Gasteiger partial charge in [-0.1, -0.05) is 0 Å². The standard InChI is InChI=1S/C10H10N2O5S/c13-7-8-5-11(6-8)18(16,17)10-3-1-9(2-4-10)12(14)15/h1-4,7-8H,5-6H2. The highest BCUT2D eigenvalue weighted by atomic mass is 32.2. The summed E-state index contributed by atoms with van der Waals surface area (Å²) in [5, 5.41) is 10.5. The van der Waals surface area contributed by atoms with E-state index < -0.39 is 14.9 Å². The minimum atomic E-state index is -3.64. The number of rotatable bonds is 4. The number of hydrogen-bond acceptors (Lipinski definition) is 5. The molecular formula is C10H10N2O5S. The van der Waals surface area contributed by atoms with Crippen molar-refractivity contribution in [1.82, 2.24) is 4.31 Å². The van der Waals surface area contributed by atoms with Gasteiger partial charge in [0.1, 0.15) is 6.29 Å². The number of hydrogen-bond donors (Lipinski definition) is 0. The van der Waals surface area contributed by atoms with E-state index >= 15 is 0 Å². The first-order valence-corrected chi connectivity index (χ1v) is 6.59. The number of carbonyl (C=O) groups excluding carboxylic acids is 1. The predicted octanol–water partition coefficient (Wildman–Crippen LogP) is 0.414. The van der Waals surface area contributed by atoms with Crippen molar-refractivity contribution in [1.29, 1.82) is 0 Å². The third-order valence-electron chi connectivity index (χ3n) is 2.75. The van der Waals surface area contributed by atoms with Crippen molar-refractivity contribution in [2.75, 3.05) is 13.1 Å². The van der Waals surface area contributed by atoms with Crippen LogP contribution in [-0.2, 0) is 14.8 Å². The lowest BCUT2D eigenvalue weighted by Crippen LogP contribution is -2.50. The first kappa shape index (κ1) is 12.7. The van der Waals surface area contributed by atoms with E-state index in [-0.39, 0.29) is 29.6 Å². The van der Waals surface area contributed by atoms with Crippen molar-refractivity contribution in [2.45, 2.75) is 4.90 Å². The van der Waals surface area contributed by atoms with Crippen LogP contribution in [0.5, 0.6) is 0 Å². The topological polar surface area (TPSA) is 97.6 Å². The Morgan fingerprint density at radius 1 is 1.28 bits per heavy atom. The van der Waals surface area contributed by atoms with Crippen molar-refractivity contribution in [3.05, 3.63) is 34.4 Å². The number of sulfonamides is 1. The van der Waals surface area contributed by atoms with Gasteiger partial charge in [-0.3, -0.25) is 10.1 Å². The lowest BCUT2D eigenvalue weighted by molar-refractivity contribution is -0.384. The average molecular weight is 270 g/mol. The molecule has 0 N–H and O–H groups in total. The molecule has 1 aliphatic heterocycles. The Morgan fingerprint density at radius 2 is 1.83 bits per heavy atom. The number of aldehydes is 1. The fourth-order valence-electron chi connectivity index (χ4n) is 1.64. The maximum atomic E-state index is 12.0. The minimum absolute atomic E-state index is 0.00236. The molecule has 0 spiro atoms. The van der Waals surface area contributed by atoms with Crippen molar-refractivity contribution >= 4 is 22.0 Å². The molecule has 8 heteroatoms. The quantitative estimate of drug-likeness (QED) is 0.448. The van der Waals surface area contributed by atoms with E-state index in [1.807, 2.05) is 0 Å². The SMILES string of the molecule is O=CC1CN(S(=O)(=O)c2ccc([N+](=O)[O-])cc2)C1. The Kier molecular flexibility index (Phi) is 3.14. The molecule has 1 aromatic carbocycles. The maximum absolute atomic E-state index is 12.0. The summed E-state index contributed by atoms with van der Waals surface area (Å²) in [6, 6.07) is 4.68. The third-order valence-corrected chi connectivity index (χ3v) is 4.60. The van der Waals surface area contributed by atoms with Gasteiger partial charge >= 0.3 is 0 Å². The summed E-state index contributed by atoms with van der Waals surface area (Å²) in [4.78, 5) is 20.3. The summed E-state index contributed by atoms with van der Waals surface area (Å²) in [6.07, 6.45) is 0.724. The first-order chi connectivity index (χ1) is 8.45. The van der Waals surface area contributed by atoms with Gasteiger partial charge in [-0.25, -0.2) is 8.42 Å². The molecule has 0 bridgehead atoms. The van der Waals surface area contributed by atoms with E-state index in [1.54, 1.807) is 0 Å². The third kappa shape index (κ3) is 2.12. The van der Waals surface area contributed by atoms with Crippen molar-refractivity contribution in [3.63, 3.8) is 0 Å². The smallest absolute Gasteiger partial charge is 0.269 e. The van der Waals surface area contributed by atoms with Gasteiger partial charge < -0.3 is 4.79 Å². The number of nitro groups is 1. The van der Waals surface area contributed by atoms with E-state index in [0.717, 1.165) is 18.4 Å². The molecule has 96 valence electrons. The summed E-state index contributed by atoms with van der Waals surface area (Å²) in [7, 11) is -3.64. The van der Waals surface area contributed by atoms with E-state index in [4.69, 9.17) is 0 Å². The Bertz CT molecular complexity index is 575. The summed E-state index contributed by atoms with van der Waals surface area (Å²) in [6.45, 7) is 0.339. The van der Waals surface area contributed by atoms with Gasteiger partial charge in [0.15, 0.2) is 0 Å². The molecule has 0 aromatic heterocycles. The van der Waals surface area contributed by atoms with Crippen LogP contribution in [0.25, 0.3) is 0 Å². The van der Waals surface area contributed by atoms with Gasteiger partial charge in [-0.2, -0.15) is 4.31 Å². The molecule has 1 heterocycles. The van der Waals surface area contributed by atoms with E-state index in [0.29, 0.717) is 0 Å². The molecule has 1 fully saturated rings. The molecule has 0 atom stereocenters. The van der Waals surface area contributed by atoms with E-state index in [9.17, 15) is 23.3 Å². The first-order valence-electron chi connectivity index (χ1n) is 5.15. The molecule has 0 saturated carbocycles.